The van der Waals surface area contributed by atoms with Crippen LogP contribution in [0.15, 0.2) is 24.3 Å². The molecule has 4 nitrogen and oxygen atoms in total. The normalized spacial score (nSPS) is 18.8. The third-order valence-electron chi connectivity index (χ3n) is 4.47. The molecule has 2 aliphatic heterocycles. The molecule has 0 saturated carbocycles. The predicted octanol–water partition coefficient (Wildman–Crippen LogP) is 2.61. The lowest BCUT2D eigenvalue weighted by atomic mass is 10.1. The first-order chi connectivity index (χ1) is 10.3. The van der Waals surface area contributed by atoms with E-state index in [0.29, 0.717) is 6.04 Å². The van der Waals surface area contributed by atoms with Gasteiger partial charge in [0, 0.05) is 18.2 Å². The maximum atomic E-state index is 12.4. The zero-order valence-corrected chi connectivity index (χ0v) is 15.1. The van der Waals surface area contributed by atoms with Crippen molar-refractivity contribution in [3.05, 3.63) is 35.4 Å². The summed E-state index contributed by atoms with van der Waals surface area (Å²) < 4.78 is 0. The van der Waals surface area contributed by atoms with E-state index in [0.717, 1.165) is 38.0 Å². The van der Waals surface area contributed by atoms with Crippen LogP contribution in [-0.2, 0) is 6.54 Å². The average molecular weight is 360 g/mol. The van der Waals surface area contributed by atoms with Crippen molar-refractivity contribution in [3.8, 4) is 0 Å². The van der Waals surface area contributed by atoms with E-state index < -0.39 is 0 Å². The van der Waals surface area contributed by atoms with Gasteiger partial charge in [0.15, 0.2) is 0 Å². The highest BCUT2D eigenvalue weighted by Gasteiger charge is 2.17. The highest BCUT2D eigenvalue weighted by Crippen LogP contribution is 2.14. The number of hydrogen-bond acceptors (Lipinski definition) is 3. The van der Waals surface area contributed by atoms with E-state index in [1.807, 2.05) is 12.1 Å². The van der Waals surface area contributed by atoms with Crippen LogP contribution in [0, 0.1) is 0 Å². The van der Waals surface area contributed by atoms with Gasteiger partial charge in [-0.3, -0.25) is 9.69 Å². The Morgan fingerprint density at radius 3 is 2.57 bits per heavy atom. The molecule has 130 valence electrons. The van der Waals surface area contributed by atoms with Gasteiger partial charge in [0.2, 0.25) is 0 Å². The maximum absolute atomic E-state index is 12.4. The number of hydrogen-bond donors (Lipinski definition) is 2. The Bertz CT molecular complexity index is 486. The van der Waals surface area contributed by atoms with Crippen molar-refractivity contribution in [2.45, 2.75) is 38.3 Å². The van der Waals surface area contributed by atoms with E-state index in [1.165, 1.54) is 31.5 Å². The lowest BCUT2D eigenvalue weighted by Gasteiger charge is -2.23. The number of halogens is 2. The van der Waals surface area contributed by atoms with Crippen molar-refractivity contribution in [1.29, 1.82) is 0 Å². The fourth-order valence-corrected chi connectivity index (χ4v) is 3.24. The number of carbonyl (C=O) groups excluding carboxylic acids is 1. The van der Waals surface area contributed by atoms with E-state index >= 15 is 0 Å². The number of benzene rings is 1. The second-order valence-corrected chi connectivity index (χ2v) is 6.18. The molecule has 1 aromatic rings. The summed E-state index contributed by atoms with van der Waals surface area (Å²) in [6.07, 6.45) is 4.66. The average Bonchev–Trinajstić information content (AvgIpc) is 3.01. The van der Waals surface area contributed by atoms with Gasteiger partial charge in [-0.2, -0.15) is 0 Å². The topological polar surface area (TPSA) is 44.4 Å². The number of nitrogens with zero attached hydrogens (tertiary/aromatic N) is 1. The molecule has 0 bridgehead atoms. The summed E-state index contributed by atoms with van der Waals surface area (Å²) in [5.41, 5.74) is 2.04. The van der Waals surface area contributed by atoms with Gasteiger partial charge >= 0.3 is 0 Å². The van der Waals surface area contributed by atoms with Crippen molar-refractivity contribution >= 4 is 30.7 Å². The fraction of sp³-hybridized carbons (Fsp3) is 0.588. The van der Waals surface area contributed by atoms with E-state index in [9.17, 15) is 4.79 Å². The summed E-state index contributed by atoms with van der Waals surface area (Å²) >= 11 is 0. The van der Waals surface area contributed by atoms with Crippen LogP contribution in [0.1, 0.15) is 41.6 Å². The van der Waals surface area contributed by atoms with Crippen LogP contribution < -0.4 is 10.6 Å². The minimum atomic E-state index is 0. The summed E-state index contributed by atoms with van der Waals surface area (Å²) in [7, 11) is 0. The van der Waals surface area contributed by atoms with Crippen LogP contribution in [0.25, 0.3) is 0 Å². The SMILES string of the molecule is Cl.Cl.O=C(NC1CCNCC1)c1cccc(CN2CCCC2)c1. The number of carbonyl (C=O) groups is 1. The van der Waals surface area contributed by atoms with Crippen molar-refractivity contribution in [2.75, 3.05) is 26.2 Å². The summed E-state index contributed by atoms with van der Waals surface area (Å²) in [4.78, 5) is 14.8. The zero-order chi connectivity index (χ0) is 14.5. The Kier molecular flexibility index (Phi) is 8.92. The van der Waals surface area contributed by atoms with Gasteiger partial charge in [-0.15, -0.1) is 24.8 Å². The molecule has 0 unspecified atom stereocenters. The first kappa shape index (κ1) is 20.2. The molecule has 1 aromatic carbocycles. The van der Waals surface area contributed by atoms with Gasteiger partial charge in [-0.25, -0.2) is 0 Å². The Hall–Kier alpha value is -0.810. The van der Waals surface area contributed by atoms with E-state index in [4.69, 9.17) is 0 Å². The lowest BCUT2D eigenvalue weighted by molar-refractivity contribution is 0.0929. The van der Waals surface area contributed by atoms with E-state index in [1.54, 1.807) is 0 Å². The molecular weight excluding hydrogens is 333 g/mol. The van der Waals surface area contributed by atoms with Gasteiger partial charge in [-0.05, 0) is 69.6 Å². The number of rotatable bonds is 4. The number of likely N-dealkylation sites (tertiary alicyclic amines) is 1. The molecule has 2 aliphatic rings. The van der Waals surface area contributed by atoms with Crippen molar-refractivity contribution in [1.82, 2.24) is 15.5 Å². The third kappa shape index (κ3) is 5.96. The minimum absolute atomic E-state index is 0. The highest BCUT2D eigenvalue weighted by molar-refractivity contribution is 5.94. The quantitative estimate of drug-likeness (QED) is 0.868. The Morgan fingerprint density at radius 1 is 1.17 bits per heavy atom. The van der Waals surface area contributed by atoms with Crippen molar-refractivity contribution in [3.63, 3.8) is 0 Å². The zero-order valence-electron chi connectivity index (χ0n) is 13.4. The summed E-state index contributed by atoms with van der Waals surface area (Å²) in [6, 6.07) is 8.42. The molecule has 0 radical (unpaired) electrons. The van der Waals surface area contributed by atoms with E-state index in [2.05, 4.69) is 27.7 Å². The maximum Gasteiger partial charge on any atom is 0.251 e. The van der Waals surface area contributed by atoms with Crippen molar-refractivity contribution < 1.29 is 4.79 Å². The molecule has 2 heterocycles. The predicted molar refractivity (Wildman–Crippen MR) is 98.8 cm³/mol. The molecule has 0 spiro atoms. The highest BCUT2D eigenvalue weighted by atomic mass is 35.5. The third-order valence-corrected chi connectivity index (χ3v) is 4.47. The summed E-state index contributed by atoms with van der Waals surface area (Å²) in [5, 5.41) is 6.48. The summed E-state index contributed by atoms with van der Waals surface area (Å²) in [5.74, 6) is 0.0742. The molecule has 0 aromatic heterocycles. The Labute approximate surface area is 151 Å². The van der Waals surface area contributed by atoms with Crippen LogP contribution in [0.4, 0.5) is 0 Å². The molecule has 0 aliphatic carbocycles. The fourth-order valence-electron chi connectivity index (χ4n) is 3.24. The lowest BCUT2D eigenvalue weighted by Crippen LogP contribution is -2.42. The van der Waals surface area contributed by atoms with Gasteiger partial charge in [0.05, 0.1) is 0 Å². The molecular formula is C17H27Cl2N3O. The smallest absolute Gasteiger partial charge is 0.251 e. The Morgan fingerprint density at radius 2 is 1.87 bits per heavy atom. The molecule has 1 amide bonds. The van der Waals surface area contributed by atoms with Crippen LogP contribution in [0.2, 0.25) is 0 Å². The van der Waals surface area contributed by atoms with Gasteiger partial charge in [0.25, 0.3) is 5.91 Å². The molecule has 2 fully saturated rings. The molecule has 2 saturated heterocycles. The first-order valence-corrected chi connectivity index (χ1v) is 8.14. The van der Waals surface area contributed by atoms with E-state index in [-0.39, 0.29) is 30.7 Å². The minimum Gasteiger partial charge on any atom is -0.349 e. The molecule has 6 heteroatoms. The first-order valence-electron chi connectivity index (χ1n) is 8.14. The van der Waals surface area contributed by atoms with Crippen molar-refractivity contribution in [2.24, 2.45) is 0 Å². The van der Waals surface area contributed by atoms with Crippen LogP contribution >= 0.6 is 24.8 Å². The summed E-state index contributed by atoms with van der Waals surface area (Å²) in [6.45, 7) is 5.34. The second-order valence-electron chi connectivity index (χ2n) is 6.18. The molecule has 23 heavy (non-hydrogen) atoms. The molecule has 0 atom stereocenters. The van der Waals surface area contributed by atoms with Gasteiger partial charge in [-0.1, -0.05) is 12.1 Å². The standard InChI is InChI=1S/C17H25N3O.2ClH/c21-17(19-16-6-8-18-9-7-16)15-5-3-4-14(12-15)13-20-10-1-2-11-20;;/h3-5,12,16,18H,1-2,6-11,13H2,(H,19,21);2*1H. The Balaban J connectivity index is 0.00000132. The largest absolute Gasteiger partial charge is 0.349 e. The number of piperidine rings is 1. The van der Waals surface area contributed by atoms with Crippen LogP contribution in [0.5, 0.6) is 0 Å². The van der Waals surface area contributed by atoms with Gasteiger partial charge < -0.3 is 10.6 Å². The van der Waals surface area contributed by atoms with Gasteiger partial charge in [0.1, 0.15) is 0 Å². The second kappa shape index (κ2) is 10.1. The molecule has 3 rings (SSSR count). The monoisotopic (exact) mass is 359 g/mol. The molecule has 2 N–H and O–H groups in total. The van der Waals surface area contributed by atoms with Crippen LogP contribution in [-0.4, -0.2) is 43.0 Å². The number of nitrogens with one attached hydrogen (secondary N) is 2. The van der Waals surface area contributed by atoms with Crippen LogP contribution in [0.3, 0.4) is 0 Å². The number of amides is 1.